The van der Waals surface area contributed by atoms with Gasteiger partial charge in [-0.15, -0.1) is 0 Å². The Morgan fingerprint density at radius 3 is 2.46 bits per heavy atom. The molecular weight excluding hydrogens is 383 g/mol. The van der Waals surface area contributed by atoms with Crippen LogP contribution >= 0.6 is 0 Å². The number of halogens is 1. The Kier molecular flexibility index (Phi) is 3.93. The number of pyridine rings is 2. The zero-order valence-electron chi connectivity index (χ0n) is 15.0. The van der Waals surface area contributed by atoms with Crippen LogP contribution in [0.3, 0.4) is 0 Å². The van der Waals surface area contributed by atoms with Gasteiger partial charge in [-0.25, -0.2) is 17.8 Å². The van der Waals surface area contributed by atoms with Crippen molar-refractivity contribution >= 4 is 26.5 Å². The van der Waals surface area contributed by atoms with E-state index in [1.807, 2.05) is 13.0 Å². The first-order valence-corrected chi connectivity index (χ1v) is 9.77. The number of fused-ring (bicyclic) bond motifs is 2. The van der Waals surface area contributed by atoms with Gasteiger partial charge in [0.15, 0.2) is 0 Å². The smallest absolute Gasteiger partial charge is 0.267 e. The van der Waals surface area contributed by atoms with E-state index in [-0.39, 0.29) is 26.3 Å². The van der Waals surface area contributed by atoms with Gasteiger partial charge in [0.2, 0.25) is 9.84 Å². The van der Waals surface area contributed by atoms with Gasteiger partial charge in [-0.1, -0.05) is 6.07 Å². The van der Waals surface area contributed by atoms with E-state index in [2.05, 4.69) is 4.98 Å². The molecule has 4 aromatic rings. The molecule has 0 fully saturated rings. The van der Waals surface area contributed by atoms with Gasteiger partial charge in [0.1, 0.15) is 27.5 Å². The monoisotopic (exact) mass is 398 g/mol. The summed E-state index contributed by atoms with van der Waals surface area (Å²) in [6.07, 6.45) is 1.56. The van der Waals surface area contributed by atoms with E-state index in [1.165, 1.54) is 22.1 Å². The Hall–Kier alpha value is -3.33. The zero-order chi connectivity index (χ0) is 20.2. The maximum atomic E-state index is 13.2. The van der Waals surface area contributed by atoms with Crippen LogP contribution in [0.1, 0.15) is 5.56 Å². The number of sulfone groups is 1. The molecule has 0 unspecified atom stereocenters. The van der Waals surface area contributed by atoms with Crippen molar-refractivity contribution in [2.75, 3.05) is 0 Å². The Balaban J connectivity index is 2.12. The van der Waals surface area contributed by atoms with Crippen molar-refractivity contribution in [3.05, 3.63) is 75.9 Å². The highest BCUT2D eigenvalue weighted by Crippen LogP contribution is 2.21. The summed E-state index contributed by atoms with van der Waals surface area (Å²) >= 11 is 0. The van der Waals surface area contributed by atoms with Crippen LogP contribution in [0.15, 0.2) is 63.2 Å². The van der Waals surface area contributed by atoms with Crippen molar-refractivity contribution < 1.29 is 12.8 Å². The number of nitrogens with one attached hydrogen (secondary N) is 1. The fourth-order valence-corrected chi connectivity index (χ4v) is 4.51. The van der Waals surface area contributed by atoms with Crippen molar-refractivity contribution in [2.24, 2.45) is 7.05 Å². The van der Waals surface area contributed by atoms with Crippen LogP contribution in [0.2, 0.25) is 0 Å². The van der Waals surface area contributed by atoms with Crippen LogP contribution in [0.5, 0.6) is 0 Å². The first-order chi connectivity index (χ1) is 13.2. The summed E-state index contributed by atoms with van der Waals surface area (Å²) in [5, 5.41) is 8.39. The first kappa shape index (κ1) is 18.1. The molecule has 0 bridgehead atoms. The minimum atomic E-state index is -4.13. The van der Waals surface area contributed by atoms with Crippen molar-refractivity contribution in [1.29, 1.82) is 5.41 Å². The van der Waals surface area contributed by atoms with E-state index in [4.69, 9.17) is 5.41 Å². The number of hydrogen-bond donors (Lipinski definition) is 1. The number of rotatable bonds is 2. The third-order valence-electron chi connectivity index (χ3n) is 4.64. The van der Waals surface area contributed by atoms with Crippen molar-refractivity contribution in [1.82, 2.24) is 14.0 Å². The van der Waals surface area contributed by atoms with E-state index in [0.29, 0.717) is 5.65 Å². The molecule has 4 rings (SSSR count). The van der Waals surface area contributed by atoms with Crippen LogP contribution in [-0.2, 0) is 16.9 Å². The highest BCUT2D eigenvalue weighted by Gasteiger charge is 2.23. The quantitative estimate of drug-likeness (QED) is 0.412. The van der Waals surface area contributed by atoms with Gasteiger partial charge in [-0.2, -0.15) is 0 Å². The van der Waals surface area contributed by atoms with Crippen molar-refractivity contribution in [2.45, 2.75) is 16.7 Å². The van der Waals surface area contributed by atoms with Crippen LogP contribution in [0.25, 0.3) is 16.7 Å². The molecule has 0 saturated carbocycles. The molecule has 142 valence electrons. The van der Waals surface area contributed by atoms with Crippen LogP contribution in [-0.4, -0.2) is 22.4 Å². The minimum Gasteiger partial charge on any atom is -0.313 e. The van der Waals surface area contributed by atoms with Gasteiger partial charge in [-0.05, 0) is 48.9 Å². The first-order valence-electron chi connectivity index (χ1n) is 8.29. The lowest BCUT2D eigenvalue weighted by Gasteiger charge is -2.12. The third-order valence-corrected chi connectivity index (χ3v) is 6.42. The van der Waals surface area contributed by atoms with Crippen LogP contribution in [0.4, 0.5) is 4.39 Å². The second-order valence-corrected chi connectivity index (χ2v) is 8.33. The average molecular weight is 398 g/mol. The van der Waals surface area contributed by atoms with E-state index in [9.17, 15) is 17.6 Å². The number of benzene rings is 1. The summed E-state index contributed by atoms with van der Waals surface area (Å²) in [4.78, 5) is 16.9. The summed E-state index contributed by atoms with van der Waals surface area (Å²) in [7, 11) is -2.65. The summed E-state index contributed by atoms with van der Waals surface area (Å²) < 4.78 is 41.8. The summed E-state index contributed by atoms with van der Waals surface area (Å²) in [5.74, 6) is -0.571. The molecule has 1 aromatic carbocycles. The topological polar surface area (TPSA) is 97.3 Å². The molecular formula is C19H15FN4O3S. The largest absolute Gasteiger partial charge is 0.313 e. The minimum absolute atomic E-state index is 0.0716. The van der Waals surface area contributed by atoms with Gasteiger partial charge in [-0.3, -0.25) is 14.6 Å². The predicted molar refractivity (Wildman–Crippen MR) is 100 cm³/mol. The Labute approximate surface area is 158 Å². The highest BCUT2D eigenvalue weighted by atomic mass is 32.2. The lowest BCUT2D eigenvalue weighted by Crippen LogP contribution is -2.28. The second kappa shape index (κ2) is 6.10. The number of aryl methyl sites for hydroxylation is 2. The lowest BCUT2D eigenvalue weighted by molar-refractivity contribution is 0.591. The van der Waals surface area contributed by atoms with Crippen LogP contribution < -0.4 is 11.0 Å². The molecule has 0 spiro atoms. The lowest BCUT2D eigenvalue weighted by atomic mass is 10.2. The average Bonchev–Trinajstić information content (AvgIpc) is 2.66. The third kappa shape index (κ3) is 2.55. The number of hydrogen-bond acceptors (Lipinski definition) is 5. The van der Waals surface area contributed by atoms with E-state index < -0.39 is 21.2 Å². The summed E-state index contributed by atoms with van der Waals surface area (Å²) in [6, 6.07) is 9.00. The van der Waals surface area contributed by atoms with E-state index in [1.54, 1.807) is 12.3 Å². The van der Waals surface area contributed by atoms with E-state index in [0.717, 1.165) is 29.8 Å². The molecule has 0 amide bonds. The normalized spacial score (nSPS) is 12.0. The molecule has 0 saturated heterocycles. The zero-order valence-corrected chi connectivity index (χ0v) is 15.8. The molecule has 0 radical (unpaired) electrons. The fraction of sp³-hybridized carbons (Fsp3) is 0.105. The van der Waals surface area contributed by atoms with Gasteiger partial charge >= 0.3 is 0 Å². The van der Waals surface area contributed by atoms with Gasteiger partial charge in [0.05, 0.1) is 10.3 Å². The van der Waals surface area contributed by atoms with Crippen molar-refractivity contribution in [3.63, 3.8) is 0 Å². The molecule has 3 heterocycles. The summed E-state index contributed by atoms with van der Waals surface area (Å²) in [6.45, 7) is 1.81. The van der Waals surface area contributed by atoms with Gasteiger partial charge in [0.25, 0.3) is 5.56 Å². The number of nitrogens with zero attached hydrogens (tertiary/aromatic N) is 3. The second-order valence-electron chi connectivity index (χ2n) is 6.41. The molecule has 28 heavy (non-hydrogen) atoms. The van der Waals surface area contributed by atoms with Gasteiger partial charge in [0, 0.05) is 13.2 Å². The molecule has 9 heteroatoms. The maximum Gasteiger partial charge on any atom is 0.267 e. The predicted octanol–water partition coefficient (Wildman–Crippen LogP) is 1.95. The highest BCUT2D eigenvalue weighted by molar-refractivity contribution is 7.91. The fourth-order valence-electron chi connectivity index (χ4n) is 3.10. The molecule has 0 aliphatic carbocycles. The SMILES string of the molecule is Cc1cccn2c(=O)c3cc(S(=O)(=O)c4ccc(F)cc4)c(=N)n(C)c3nc12. The summed E-state index contributed by atoms with van der Waals surface area (Å²) in [5.41, 5.74) is 0.666. The van der Waals surface area contributed by atoms with E-state index >= 15 is 0 Å². The Morgan fingerprint density at radius 2 is 1.79 bits per heavy atom. The molecule has 0 aliphatic rings. The van der Waals surface area contributed by atoms with Gasteiger partial charge < -0.3 is 4.57 Å². The van der Waals surface area contributed by atoms with Crippen molar-refractivity contribution in [3.8, 4) is 0 Å². The number of aromatic nitrogens is 3. The molecule has 0 aliphatic heterocycles. The molecule has 1 N–H and O–H groups in total. The molecule has 3 aromatic heterocycles. The van der Waals surface area contributed by atoms with Crippen LogP contribution in [0, 0.1) is 18.2 Å². The Morgan fingerprint density at radius 1 is 1.11 bits per heavy atom. The maximum absolute atomic E-state index is 13.2. The molecule has 0 atom stereocenters. The standard InChI is InChI=1S/C19H15FN4O3S/c1-11-4-3-9-24-17(11)22-18-14(19(24)25)10-15(16(21)23(18)2)28(26,27)13-7-5-12(20)6-8-13/h3-10,21H,1-2H3. The Bertz CT molecular complexity index is 1490. The molecule has 7 nitrogen and oxygen atoms in total.